The summed E-state index contributed by atoms with van der Waals surface area (Å²) in [6.45, 7) is 0. The van der Waals surface area contributed by atoms with Gasteiger partial charge >= 0.3 is 0 Å². The summed E-state index contributed by atoms with van der Waals surface area (Å²) < 4.78 is 62.2. The minimum Gasteiger partial charge on any atom is -0.310 e. The number of hydrogen-bond donors (Lipinski definition) is 0. The van der Waals surface area contributed by atoms with Crippen LogP contribution in [0.25, 0.3) is 87.7 Å². The molecule has 0 aliphatic rings. The molecule has 76 heavy (non-hydrogen) atoms. The van der Waals surface area contributed by atoms with Crippen LogP contribution in [0.3, 0.4) is 0 Å². The number of nitrogens with zero attached hydrogens (tertiary/aromatic N) is 4. The molecule has 0 fully saturated rings. The number of benzene rings is 12. The van der Waals surface area contributed by atoms with Gasteiger partial charge in [-0.25, -0.2) is 17.6 Å². The Hall–Kier alpha value is -9.92. The van der Waals surface area contributed by atoms with Crippen LogP contribution in [0.2, 0.25) is 0 Å². The van der Waals surface area contributed by atoms with Gasteiger partial charge in [0.2, 0.25) is 0 Å². The van der Waals surface area contributed by atoms with E-state index in [4.69, 9.17) is 0 Å². The van der Waals surface area contributed by atoms with Crippen molar-refractivity contribution in [3.63, 3.8) is 0 Å². The minimum absolute atomic E-state index is 0.295. The van der Waals surface area contributed by atoms with E-state index in [1.54, 1.807) is 36.4 Å². The van der Waals surface area contributed by atoms with Gasteiger partial charge in [-0.2, -0.15) is 0 Å². The highest BCUT2D eigenvalue weighted by Gasteiger charge is 2.25. The van der Waals surface area contributed by atoms with Gasteiger partial charge in [-0.1, -0.05) is 97.1 Å². The van der Waals surface area contributed by atoms with Crippen molar-refractivity contribution in [3.05, 3.63) is 278 Å². The largest absolute Gasteiger partial charge is 0.310 e. The lowest BCUT2D eigenvalue weighted by atomic mass is 9.89. The normalized spacial score (nSPS) is 11.7. The summed E-state index contributed by atoms with van der Waals surface area (Å²) in [5, 5.41) is 8.19. The van der Waals surface area contributed by atoms with E-state index in [0.717, 1.165) is 122 Å². The zero-order valence-electron chi connectivity index (χ0n) is 40.5. The van der Waals surface area contributed by atoms with Crippen LogP contribution in [0.5, 0.6) is 0 Å². The molecule has 362 valence electrons. The Morgan fingerprint density at radius 2 is 0.566 bits per heavy atom. The first-order valence-corrected chi connectivity index (χ1v) is 25.1. The molecule has 0 atom stereocenters. The number of halogens is 4. The smallest absolute Gasteiger partial charge is 0.123 e. The maximum absolute atomic E-state index is 14.9. The number of aromatic nitrogens is 2. The van der Waals surface area contributed by atoms with Crippen molar-refractivity contribution >= 4 is 99.3 Å². The molecule has 14 aromatic rings. The summed E-state index contributed by atoms with van der Waals surface area (Å²) in [5.41, 5.74) is 12.9. The molecule has 0 spiro atoms. The summed E-state index contributed by atoms with van der Waals surface area (Å²) in [7, 11) is 0. The van der Waals surface area contributed by atoms with Gasteiger partial charge in [-0.05, 0) is 180 Å². The number of hydrogen-bond acceptors (Lipinski definition) is 2. The maximum atomic E-state index is 14.9. The average molecular weight is 991 g/mol. The van der Waals surface area contributed by atoms with E-state index in [1.165, 1.54) is 48.5 Å². The van der Waals surface area contributed by atoms with E-state index < -0.39 is 0 Å². The lowest BCUT2D eigenvalue weighted by molar-refractivity contribution is 0.627. The Labute approximate surface area is 434 Å². The second kappa shape index (κ2) is 17.9. The lowest BCUT2D eigenvalue weighted by Crippen LogP contribution is -2.12. The Balaban J connectivity index is 0.932. The fourth-order valence-electron chi connectivity index (χ4n) is 11.4. The number of para-hydroxylation sites is 2. The molecule has 2 aromatic heterocycles. The second-order valence-electron chi connectivity index (χ2n) is 19.0. The molecule has 4 nitrogen and oxygen atoms in total. The Kier molecular flexibility index (Phi) is 10.6. The summed E-state index contributed by atoms with van der Waals surface area (Å²) in [4.78, 5) is 4.37. The summed E-state index contributed by atoms with van der Waals surface area (Å²) in [6.07, 6.45) is 0. The van der Waals surface area contributed by atoms with Crippen LogP contribution in [-0.2, 0) is 0 Å². The number of anilines is 6. The third kappa shape index (κ3) is 7.36. The first kappa shape index (κ1) is 44.8. The van der Waals surface area contributed by atoms with Crippen LogP contribution in [0.4, 0.5) is 51.7 Å². The van der Waals surface area contributed by atoms with Crippen LogP contribution in [0.1, 0.15) is 0 Å². The van der Waals surface area contributed by atoms with Crippen molar-refractivity contribution in [2.45, 2.75) is 0 Å². The van der Waals surface area contributed by atoms with E-state index in [2.05, 4.69) is 152 Å². The van der Waals surface area contributed by atoms with Gasteiger partial charge in [0, 0.05) is 72.1 Å². The summed E-state index contributed by atoms with van der Waals surface area (Å²) >= 11 is 0. The highest BCUT2D eigenvalue weighted by atomic mass is 19.1. The van der Waals surface area contributed by atoms with Gasteiger partial charge in [0.25, 0.3) is 0 Å². The van der Waals surface area contributed by atoms with Crippen LogP contribution in [0.15, 0.2) is 255 Å². The van der Waals surface area contributed by atoms with Crippen LogP contribution in [-0.4, -0.2) is 9.13 Å². The Bertz CT molecular complexity index is 4490. The lowest BCUT2D eigenvalue weighted by Gasteiger charge is -2.30. The van der Waals surface area contributed by atoms with Gasteiger partial charge in [0.15, 0.2) is 0 Å². The van der Waals surface area contributed by atoms with Crippen molar-refractivity contribution in [3.8, 4) is 22.5 Å². The fraction of sp³-hybridized carbons (Fsp3) is 0. The van der Waals surface area contributed by atoms with E-state index in [1.807, 2.05) is 36.4 Å². The van der Waals surface area contributed by atoms with Crippen LogP contribution >= 0.6 is 0 Å². The van der Waals surface area contributed by atoms with Crippen molar-refractivity contribution in [2.24, 2.45) is 0 Å². The molecule has 0 aliphatic carbocycles. The molecule has 14 rings (SSSR count). The molecule has 2 heterocycles. The quantitative estimate of drug-likeness (QED) is 0.106. The van der Waals surface area contributed by atoms with Crippen LogP contribution < -0.4 is 9.80 Å². The third-order valence-electron chi connectivity index (χ3n) is 14.7. The molecule has 0 aliphatic heterocycles. The predicted molar refractivity (Wildman–Crippen MR) is 305 cm³/mol. The minimum atomic E-state index is -0.331. The zero-order chi connectivity index (χ0) is 51.0. The predicted octanol–water partition coefficient (Wildman–Crippen LogP) is 19.4. The molecule has 0 saturated heterocycles. The number of fused-ring (bicyclic) bond motifs is 8. The topological polar surface area (TPSA) is 16.3 Å². The van der Waals surface area contributed by atoms with Crippen molar-refractivity contribution in [1.82, 2.24) is 9.13 Å². The molecular formula is C68H42F4N4. The second-order valence-corrected chi connectivity index (χ2v) is 19.0. The van der Waals surface area contributed by atoms with E-state index >= 15 is 0 Å². The molecule has 12 aromatic carbocycles. The fourth-order valence-corrected chi connectivity index (χ4v) is 11.4. The molecule has 0 radical (unpaired) electrons. The van der Waals surface area contributed by atoms with Gasteiger partial charge < -0.3 is 18.9 Å². The Morgan fingerprint density at radius 1 is 0.250 bits per heavy atom. The summed E-state index contributed by atoms with van der Waals surface area (Å²) in [6, 6.07) is 81.0. The van der Waals surface area contributed by atoms with Crippen molar-refractivity contribution in [1.29, 1.82) is 0 Å². The van der Waals surface area contributed by atoms with Gasteiger partial charge in [-0.15, -0.1) is 0 Å². The highest BCUT2D eigenvalue weighted by Crippen LogP contribution is 2.50. The molecule has 0 unspecified atom stereocenters. The van der Waals surface area contributed by atoms with E-state index in [-0.39, 0.29) is 23.3 Å². The van der Waals surface area contributed by atoms with Gasteiger partial charge in [0.05, 0.1) is 27.8 Å². The standard InChI is InChI=1S/C68H42F4N4/c69-44-19-29-49(30-20-44)73(53-37-39-65-61(41-53)55-9-5-7-15-63(55)75(65)51-33-23-46(71)24-34-51)48-27-17-43(18-28-48)67-57-11-1-3-13-59(57)68(60-14-4-2-12-58(60)67)74(50-31-21-45(70)22-32-50)54-38-40-66-62(42-54)56-10-6-8-16-64(56)76(66)52-35-25-47(72)26-36-52/h1-42H. The summed E-state index contributed by atoms with van der Waals surface area (Å²) in [5.74, 6) is -1.25. The zero-order valence-corrected chi connectivity index (χ0v) is 40.5. The van der Waals surface area contributed by atoms with Crippen molar-refractivity contribution < 1.29 is 17.6 Å². The van der Waals surface area contributed by atoms with Crippen molar-refractivity contribution in [2.75, 3.05) is 9.80 Å². The number of rotatable bonds is 9. The molecule has 0 N–H and O–H groups in total. The first-order valence-electron chi connectivity index (χ1n) is 25.1. The first-order chi connectivity index (χ1) is 37.3. The van der Waals surface area contributed by atoms with Crippen LogP contribution in [0, 0.1) is 23.3 Å². The monoisotopic (exact) mass is 990 g/mol. The SMILES string of the molecule is Fc1ccc(N(c2ccc(-c3c4ccccc4c(N(c4ccc(F)cc4)c4ccc5c(c4)c4ccccc4n5-c4ccc(F)cc4)c4ccccc34)cc2)c2ccc3c(c2)c2ccccc2n3-c2ccc(F)cc2)cc1. The molecular weight excluding hydrogens is 949 g/mol. The van der Waals surface area contributed by atoms with E-state index in [0.29, 0.717) is 0 Å². The van der Waals surface area contributed by atoms with E-state index in [9.17, 15) is 17.6 Å². The highest BCUT2D eigenvalue weighted by molar-refractivity contribution is 6.23. The Morgan fingerprint density at radius 3 is 1.00 bits per heavy atom. The molecule has 0 bridgehead atoms. The molecule has 0 amide bonds. The average Bonchev–Trinajstić information content (AvgIpc) is 4.09. The molecule has 0 saturated carbocycles. The maximum Gasteiger partial charge on any atom is 0.123 e. The van der Waals surface area contributed by atoms with Gasteiger partial charge in [0.1, 0.15) is 23.3 Å². The third-order valence-corrected chi connectivity index (χ3v) is 14.7. The van der Waals surface area contributed by atoms with Gasteiger partial charge in [-0.3, -0.25) is 0 Å². The molecule has 8 heteroatoms.